The standard InChI is InChI=1S/C20H17N5O/c1-25-12-16(22-13-25)10-19(26)23-18-6-2-4-14-7-8-17(24-20(14)18)15-5-3-9-21-11-15/h2-9,11-13H,10H2,1H3,(H,23,26). The van der Waals surface area contributed by atoms with Crippen molar-refractivity contribution in [2.24, 2.45) is 7.05 Å². The van der Waals surface area contributed by atoms with Gasteiger partial charge in [-0.25, -0.2) is 9.97 Å². The molecule has 0 fully saturated rings. The number of pyridine rings is 2. The molecule has 128 valence electrons. The Kier molecular flexibility index (Phi) is 4.15. The zero-order valence-electron chi connectivity index (χ0n) is 14.3. The molecule has 26 heavy (non-hydrogen) atoms. The lowest BCUT2D eigenvalue weighted by Crippen LogP contribution is -2.15. The molecular formula is C20H17N5O. The van der Waals surface area contributed by atoms with Gasteiger partial charge in [0.25, 0.3) is 0 Å². The highest BCUT2D eigenvalue weighted by atomic mass is 16.1. The molecule has 3 aromatic heterocycles. The summed E-state index contributed by atoms with van der Waals surface area (Å²) >= 11 is 0. The lowest BCUT2D eigenvalue weighted by Gasteiger charge is -2.09. The topological polar surface area (TPSA) is 72.7 Å². The number of carbonyl (C=O) groups is 1. The highest BCUT2D eigenvalue weighted by Gasteiger charge is 2.10. The van der Waals surface area contributed by atoms with Gasteiger partial charge in [-0.3, -0.25) is 9.78 Å². The van der Waals surface area contributed by atoms with Gasteiger partial charge in [-0.1, -0.05) is 18.2 Å². The quantitative estimate of drug-likeness (QED) is 0.617. The molecule has 0 saturated heterocycles. The van der Waals surface area contributed by atoms with Crippen LogP contribution < -0.4 is 5.32 Å². The zero-order chi connectivity index (χ0) is 17.9. The van der Waals surface area contributed by atoms with E-state index in [1.807, 2.05) is 60.3 Å². The number of aryl methyl sites for hydroxylation is 1. The fourth-order valence-electron chi connectivity index (χ4n) is 2.84. The summed E-state index contributed by atoms with van der Waals surface area (Å²) in [7, 11) is 1.88. The summed E-state index contributed by atoms with van der Waals surface area (Å²) in [5.74, 6) is -0.121. The van der Waals surface area contributed by atoms with Crippen LogP contribution in [-0.2, 0) is 18.3 Å². The molecule has 4 rings (SSSR count). The molecule has 3 heterocycles. The number of anilines is 1. The predicted octanol–water partition coefficient (Wildman–Crippen LogP) is 3.21. The summed E-state index contributed by atoms with van der Waals surface area (Å²) in [4.78, 5) is 25.5. The number of nitrogens with one attached hydrogen (secondary N) is 1. The van der Waals surface area contributed by atoms with E-state index >= 15 is 0 Å². The zero-order valence-corrected chi connectivity index (χ0v) is 14.3. The van der Waals surface area contributed by atoms with Crippen molar-refractivity contribution >= 4 is 22.5 Å². The molecule has 1 N–H and O–H groups in total. The Bertz CT molecular complexity index is 1070. The third-order valence-electron chi connectivity index (χ3n) is 4.05. The second-order valence-electron chi connectivity index (χ2n) is 6.07. The number of fused-ring (bicyclic) bond motifs is 1. The first kappa shape index (κ1) is 16.0. The molecule has 1 amide bonds. The number of amides is 1. The van der Waals surface area contributed by atoms with E-state index in [0.29, 0.717) is 5.69 Å². The van der Waals surface area contributed by atoms with Gasteiger partial charge in [-0.05, 0) is 24.3 Å². The van der Waals surface area contributed by atoms with Crippen molar-refractivity contribution in [3.63, 3.8) is 0 Å². The van der Waals surface area contributed by atoms with E-state index < -0.39 is 0 Å². The first-order chi connectivity index (χ1) is 12.7. The number of nitrogens with zero attached hydrogens (tertiary/aromatic N) is 4. The van der Waals surface area contributed by atoms with Crippen molar-refractivity contribution in [3.8, 4) is 11.3 Å². The van der Waals surface area contributed by atoms with Gasteiger partial charge in [0, 0.05) is 36.6 Å². The lowest BCUT2D eigenvalue weighted by molar-refractivity contribution is -0.115. The molecule has 0 aliphatic rings. The van der Waals surface area contributed by atoms with Gasteiger partial charge in [-0.15, -0.1) is 0 Å². The molecule has 6 heteroatoms. The lowest BCUT2D eigenvalue weighted by atomic mass is 10.1. The van der Waals surface area contributed by atoms with Gasteiger partial charge in [0.05, 0.1) is 35.3 Å². The molecule has 0 unspecified atom stereocenters. The second-order valence-corrected chi connectivity index (χ2v) is 6.07. The largest absolute Gasteiger partial charge is 0.340 e. The number of hydrogen-bond donors (Lipinski definition) is 1. The Morgan fingerprint density at radius 2 is 2.08 bits per heavy atom. The van der Waals surface area contributed by atoms with Crippen LogP contribution >= 0.6 is 0 Å². The molecule has 0 saturated carbocycles. The average Bonchev–Trinajstić information content (AvgIpc) is 3.07. The van der Waals surface area contributed by atoms with Crippen LogP contribution in [-0.4, -0.2) is 25.4 Å². The fraction of sp³-hybridized carbons (Fsp3) is 0.100. The number of aromatic nitrogens is 4. The summed E-state index contributed by atoms with van der Waals surface area (Å²) in [6.45, 7) is 0. The van der Waals surface area contributed by atoms with E-state index in [-0.39, 0.29) is 12.3 Å². The predicted molar refractivity (Wildman–Crippen MR) is 101 cm³/mol. The van der Waals surface area contributed by atoms with Crippen molar-refractivity contribution < 1.29 is 4.79 Å². The average molecular weight is 343 g/mol. The van der Waals surface area contributed by atoms with Gasteiger partial charge in [0.15, 0.2) is 0 Å². The number of para-hydroxylation sites is 1. The van der Waals surface area contributed by atoms with Crippen LogP contribution in [0.1, 0.15) is 5.69 Å². The van der Waals surface area contributed by atoms with Gasteiger partial charge in [-0.2, -0.15) is 0 Å². The maximum atomic E-state index is 12.4. The number of benzene rings is 1. The highest BCUT2D eigenvalue weighted by Crippen LogP contribution is 2.25. The van der Waals surface area contributed by atoms with E-state index in [9.17, 15) is 4.79 Å². The SMILES string of the molecule is Cn1cnc(CC(=O)Nc2cccc3ccc(-c4cccnc4)nc23)c1. The molecule has 6 nitrogen and oxygen atoms in total. The number of carbonyl (C=O) groups excluding carboxylic acids is 1. The first-order valence-electron chi connectivity index (χ1n) is 8.26. The molecule has 0 aliphatic carbocycles. The van der Waals surface area contributed by atoms with Crippen molar-refractivity contribution in [3.05, 3.63) is 73.1 Å². The van der Waals surface area contributed by atoms with Crippen LogP contribution in [0.4, 0.5) is 5.69 Å². The summed E-state index contributed by atoms with van der Waals surface area (Å²) in [6, 6.07) is 13.5. The van der Waals surface area contributed by atoms with E-state index in [2.05, 4.69) is 15.3 Å². The van der Waals surface area contributed by atoms with Crippen LogP contribution in [0.25, 0.3) is 22.2 Å². The molecule has 1 aromatic carbocycles. The molecule has 0 atom stereocenters. The summed E-state index contributed by atoms with van der Waals surface area (Å²) in [5.41, 5.74) is 3.92. The van der Waals surface area contributed by atoms with Crippen LogP contribution in [0.5, 0.6) is 0 Å². The van der Waals surface area contributed by atoms with Crippen molar-refractivity contribution in [1.82, 2.24) is 19.5 Å². The first-order valence-corrected chi connectivity index (χ1v) is 8.26. The van der Waals surface area contributed by atoms with Gasteiger partial charge in [0.1, 0.15) is 0 Å². The summed E-state index contributed by atoms with van der Waals surface area (Å²) in [6.07, 6.45) is 7.24. The summed E-state index contributed by atoms with van der Waals surface area (Å²) in [5, 5.41) is 3.92. The van der Waals surface area contributed by atoms with Crippen molar-refractivity contribution in [1.29, 1.82) is 0 Å². The fourth-order valence-corrected chi connectivity index (χ4v) is 2.84. The van der Waals surface area contributed by atoms with E-state index in [1.54, 1.807) is 18.7 Å². The van der Waals surface area contributed by atoms with Crippen LogP contribution in [0.2, 0.25) is 0 Å². The van der Waals surface area contributed by atoms with Crippen LogP contribution in [0.15, 0.2) is 67.4 Å². The highest BCUT2D eigenvalue weighted by molar-refractivity contribution is 6.01. The number of imidazole rings is 1. The van der Waals surface area contributed by atoms with E-state index in [4.69, 9.17) is 4.98 Å². The maximum absolute atomic E-state index is 12.4. The van der Waals surface area contributed by atoms with Gasteiger partial charge >= 0.3 is 0 Å². The molecular weight excluding hydrogens is 326 g/mol. The molecule has 4 aromatic rings. The normalized spacial score (nSPS) is 10.8. The Labute approximate surface area is 150 Å². The van der Waals surface area contributed by atoms with Crippen molar-refractivity contribution in [2.75, 3.05) is 5.32 Å². The minimum Gasteiger partial charge on any atom is -0.340 e. The van der Waals surface area contributed by atoms with Crippen LogP contribution in [0, 0.1) is 0 Å². The minimum atomic E-state index is -0.121. The molecule has 0 radical (unpaired) electrons. The minimum absolute atomic E-state index is 0.121. The van der Waals surface area contributed by atoms with Crippen LogP contribution in [0.3, 0.4) is 0 Å². The van der Waals surface area contributed by atoms with Gasteiger partial charge < -0.3 is 9.88 Å². The Hall–Kier alpha value is -3.54. The smallest absolute Gasteiger partial charge is 0.230 e. The Balaban J connectivity index is 1.65. The van der Waals surface area contributed by atoms with Crippen molar-refractivity contribution in [2.45, 2.75) is 6.42 Å². The van der Waals surface area contributed by atoms with Gasteiger partial charge in [0.2, 0.25) is 5.91 Å². The second kappa shape index (κ2) is 6.76. The maximum Gasteiger partial charge on any atom is 0.230 e. The number of hydrogen-bond acceptors (Lipinski definition) is 4. The number of rotatable bonds is 4. The van der Waals surface area contributed by atoms with E-state index in [1.165, 1.54) is 0 Å². The third-order valence-corrected chi connectivity index (χ3v) is 4.05. The molecule has 0 aliphatic heterocycles. The Morgan fingerprint density at radius 1 is 1.15 bits per heavy atom. The molecule has 0 spiro atoms. The third kappa shape index (κ3) is 3.30. The molecule has 0 bridgehead atoms. The van der Waals surface area contributed by atoms with E-state index in [0.717, 1.165) is 27.9 Å². The Morgan fingerprint density at radius 3 is 2.85 bits per heavy atom. The monoisotopic (exact) mass is 343 g/mol. The summed E-state index contributed by atoms with van der Waals surface area (Å²) < 4.78 is 1.82.